The summed E-state index contributed by atoms with van der Waals surface area (Å²) < 4.78 is 0. The SMILES string of the molecule is CSCCCCCNC(=O)C(C#N)Cc1ccccc1. The molecule has 3 nitrogen and oxygen atoms in total. The number of hydrogen-bond donors (Lipinski definition) is 1. The Morgan fingerprint density at radius 2 is 2.05 bits per heavy atom. The lowest BCUT2D eigenvalue weighted by atomic mass is 10.00. The van der Waals surface area contributed by atoms with E-state index in [4.69, 9.17) is 5.26 Å². The Bertz CT molecular complexity index is 428. The zero-order chi connectivity index (χ0) is 14.6. The monoisotopic (exact) mass is 290 g/mol. The Labute approximate surface area is 125 Å². The number of unbranched alkanes of at least 4 members (excludes halogenated alkanes) is 2. The van der Waals surface area contributed by atoms with Gasteiger partial charge in [-0.1, -0.05) is 36.8 Å². The molecule has 0 saturated carbocycles. The topological polar surface area (TPSA) is 52.9 Å². The quantitative estimate of drug-likeness (QED) is 0.711. The number of benzene rings is 1. The molecule has 0 heterocycles. The zero-order valence-corrected chi connectivity index (χ0v) is 12.8. The largest absolute Gasteiger partial charge is 0.355 e. The van der Waals surface area contributed by atoms with Gasteiger partial charge in [0.1, 0.15) is 5.92 Å². The van der Waals surface area contributed by atoms with Crippen molar-refractivity contribution in [3.63, 3.8) is 0 Å². The predicted molar refractivity (Wildman–Crippen MR) is 84.5 cm³/mol. The first-order chi connectivity index (χ1) is 9.77. The summed E-state index contributed by atoms with van der Waals surface area (Å²) in [6, 6.07) is 11.8. The van der Waals surface area contributed by atoms with E-state index in [1.807, 2.05) is 42.1 Å². The smallest absolute Gasteiger partial charge is 0.237 e. The molecule has 0 spiro atoms. The van der Waals surface area contributed by atoms with E-state index in [9.17, 15) is 4.79 Å². The Hall–Kier alpha value is -1.47. The van der Waals surface area contributed by atoms with Gasteiger partial charge in [-0.3, -0.25) is 4.79 Å². The highest BCUT2D eigenvalue weighted by Gasteiger charge is 2.17. The molecule has 1 N–H and O–H groups in total. The lowest BCUT2D eigenvalue weighted by Crippen LogP contribution is -2.31. The summed E-state index contributed by atoms with van der Waals surface area (Å²) in [4.78, 5) is 11.9. The van der Waals surface area contributed by atoms with Crippen molar-refractivity contribution < 1.29 is 4.79 Å². The van der Waals surface area contributed by atoms with Crippen LogP contribution < -0.4 is 5.32 Å². The molecular weight excluding hydrogens is 268 g/mol. The lowest BCUT2D eigenvalue weighted by molar-refractivity contribution is -0.123. The number of carbonyl (C=O) groups is 1. The number of nitrogens with one attached hydrogen (secondary N) is 1. The number of amides is 1. The van der Waals surface area contributed by atoms with Gasteiger partial charge in [-0.15, -0.1) is 0 Å². The van der Waals surface area contributed by atoms with E-state index >= 15 is 0 Å². The molecule has 4 heteroatoms. The van der Waals surface area contributed by atoms with Crippen molar-refractivity contribution in [3.8, 4) is 6.07 Å². The van der Waals surface area contributed by atoms with Crippen molar-refractivity contribution in [2.75, 3.05) is 18.6 Å². The zero-order valence-electron chi connectivity index (χ0n) is 12.0. The summed E-state index contributed by atoms with van der Waals surface area (Å²) >= 11 is 1.85. The van der Waals surface area contributed by atoms with Crippen LogP contribution in [-0.2, 0) is 11.2 Å². The number of rotatable bonds is 9. The van der Waals surface area contributed by atoms with E-state index in [1.165, 1.54) is 12.2 Å². The summed E-state index contributed by atoms with van der Waals surface area (Å²) in [7, 11) is 0. The molecule has 20 heavy (non-hydrogen) atoms. The number of hydrogen-bond acceptors (Lipinski definition) is 3. The summed E-state index contributed by atoms with van der Waals surface area (Å²) in [5.74, 6) is 0.424. The maximum absolute atomic E-state index is 11.9. The van der Waals surface area contributed by atoms with Gasteiger partial charge >= 0.3 is 0 Å². The number of thioether (sulfide) groups is 1. The van der Waals surface area contributed by atoms with Gasteiger partial charge in [0, 0.05) is 6.54 Å². The van der Waals surface area contributed by atoms with E-state index in [-0.39, 0.29) is 5.91 Å². The molecule has 1 unspecified atom stereocenters. The van der Waals surface area contributed by atoms with Crippen LogP contribution in [0.3, 0.4) is 0 Å². The molecule has 0 aliphatic heterocycles. The van der Waals surface area contributed by atoms with Crippen molar-refractivity contribution in [2.24, 2.45) is 5.92 Å². The average Bonchev–Trinajstić information content (AvgIpc) is 2.49. The third kappa shape index (κ3) is 6.63. The highest BCUT2D eigenvalue weighted by atomic mass is 32.2. The van der Waals surface area contributed by atoms with Gasteiger partial charge in [0.2, 0.25) is 5.91 Å². The Morgan fingerprint density at radius 1 is 1.30 bits per heavy atom. The highest BCUT2D eigenvalue weighted by molar-refractivity contribution is 7.98. The molecular formula is C16H22N2OS. The van der Waals surface area contributed by atoms with E-state index < -0.39 is 5.92 Å². The van der Waals surface area contributed by atoms with Crippen LogP contribution in [0.15, 0.2) is 30.3 Å². The first kappa shape index (κ1) is 16.6. The molecule has 1 aromatic rings. The highest BCUT2D eigenvalue weighted by Crippen LogP contribution is 2.08. The van der Waals surface area contributed by atoms with Crippen LogP contribution in [0.4, 0.5) is 0 Å². The van der Waals surface area contributed by atoms with Crippen LogP contribution in [0.2, 0.25) is 0 Å². The van der Waals surface area contributed by atoms with E-state index in [1.54, 1.807) is 0 Å². The fraction of sp³-hybridized carbons (Fsp3) is 0.500. The molecule has 0 fully saturated rings. The first-order valence-electron chi connectivity index (χ1n) is 6.98. The van der Waals surface area contributed by atoms with Crippen LogP contribution in [0.25, 0.3) is 0 Å². The van der Waals surface area contributed by atoms with Crippen molar-refractivity contribution in [1.82, 2.24) is 5.32 Å². The summed E-state index contributed by atoms with van der Waals surface area (Å²) in [6.07, 6.45) is 5.87. The van der Waals surface area contributed by atoms with Crippen molar-refractivity contribution >= 4 is 17.7 Å². The van der Waals surface area contributed by atoms with Crippen LogP contribution >= 0.6 is 11.8 Å². The van der Waals surface area contributed by atoms with Gasteiger partial charge in [-0.05, 0) is 36.8 Å². The van der Waals surface area contributed by atoms with Gasteiger partial charge < -0.3 is 5.32 Å². The van der Waals surface area contributed by atoms with Crippen LogP contribution in [-0.4, -0.2) is 24.5 Å². The molecule has 0 aliphatic carbocycles. The fourth-order valence-electron chi connectivity index (χ4n) is 1.93. The molecule has 0 saturated heterocycles. The van der Waals surface area contributed by atoms with Crippen molar-refractivity contribution in [2.45, 2.75) is 25.7 Å². The molecule has 1 rings (SSSR count). The maximum atomic E-state index is 11.9. The van der Waals surface area contributed by atoms with E-state index in [2.05, 4.69) is 17.6 Å². The second-order valence-electron chi connectivity index (χ2n) is 4.72. The Kier molecular flexibility index (Phi) is 8.57. The van der Waals surface area contributed by atoms with Crippen LogP contribution in [0.5, 0.6) is 0 Å². The third-order valence-corrected chi connectivity index (χ3v) is 3.78. The Morgan fingerprint density at radius 3 is 2.70 bits per heavy atom. The first-order valence-corrected chi connectivity index (χ1v) is 8.37. The second kappa shape index (κ2) is 10.3. The number of nitrogens with zero attached hydrogens (tertiary/aromatic N) is 1. The third-order valence-electron chi connectivity index (χ3n) is 3.08. The molecule has 1 amide bonds. The van der Waals surface area contributed by atoms with Crippen molar-refractivity contribution in [1.29, 1.82) is 5.26 Å². The molecule has 0 aromatic heterocycles. The van der Waals surface area contributed by atoms with Gasteiger partial charge in [-0.2, -0.15) is 17.0 Å². The minimum Gasteiger partial charge on any atom is -0.355 e. The molecule has 0 radical (unpaired) electrons. The van der Waals surface area contributed by atoms with Crippen LogP contribution in [0, 0.1) is 17.2 Å². The maximum Gasteiger partial charge on any atom is 0.237 e. The number of carbonyl (C=O) groups excluding carboxylic acids is 1. The van der Waals surface area contributed by atoms with Crippen molar-refractivity contribution in [3.05, 3.63) is 35.9 Å². The van der Waals surface area contributed by atoms with E-state index in [0.29, 0.717) is 13.0 Å². The predicted octanol–water partition coefficient (Wildman–Crippen LogP) is 3.02. The average molecular weight is 290 g/mol. The molecule has 0 aliphatic rings. The van der Waals surface area contributed by atoms with E-state index in [0.717, 1.165) is 18.4 Å². The molecule has 108 valence electrons. The molecule has 1 aromatic carbocycles. The van der Waals surface area contributed by atoms with Gasteiger partial charge in [0.25, 0.3) is 0 Å². The minimum absolute atomic E-state index is 0.152. The second-order valence-corrected chi connectivity index (χ2v) is 5.70. The molecule has 1 atom stereocenters. The van der Waals surface area contributed by atoms with Gasteiger partial charge in [-0.25, -0.2) is 0 Å². The summed E-state index contributed by atoms with van der Waals surface area (Å²) in [5, 5.41) is 12.0. The van der Waals surface area contributed by atoms with Gasteiger partial charge in [0.15, 0.2) is 0 Å². The van der Waals surface area contributed by atoms with Crippen LogP contribution in [0.1, 0.15) is 24.8 Å². The minimum atomic E-state index is -0.594. The summed E-state index contributed by atoms with van der Waals surface area (Å²) in [5.41, 5.74) is 1.02. The standard InChI is InChI=1S/C16H22N2OS/c1-20-11-7-3-6-10-18-16(19)15(13-17)12-14-8-4-2-5-9-14/h2,4-5,8-9,15H,3,6-7,10-12H2,1H3,(H,18,19). The lowest BCUT2D eigenvalue weighted by Gasteiger charge is -2.10. The summed E-state index contributed by atoms with van der Waals surface area (Å²) in [6.45, 7) is 0.667. The Balaban J connectivity index is 2.28. The fourth-order valence-corrected chi connectivity index (χ4v) is 2.42. The van der Waals surface area contributed by atoms with Gasteiger partial charge in [0.05, 0.1) is 6.07 Å². The normalized spacial score (nSPS) is 11.6. The molecule has 0 bridgehead atoms. The number of nitriles is 1.